The lowest BCUT2D eigenvalue weighted by molar-refractivity contribution is -0.114. The van der Waals surface area contributed by atoms with Gasteiger partial charge in [0.25, 0.3) is 10.0 Å². The highest BCUT2D eigenvalue weighted by molar-refractivity contribution is 7.93. The molecule has 3 aromatic rings. The maximum Gasteiger partial charge on any atom is 0.265 e. The molecule has 0 saturated heterocycles. The summed E-state index contributed by atoms with van der Waals surface area (Å²) in [6.07, 6.45) is 0. The van der Waals surface area contributed by atoms with Crippen molar-refractivity contribution in [1.82, 2.24) is 0 Å². The van der Waals surface area contributed by atoms with Gasteiger partial charge in [0, 0.05) is 5.39 Å². The zero-order valence-electron chi connectivity index (χ0n) is 13.2. The summed E-state index contributed by atoms with van der Waals surface area (Å²) in [7, 11) is -3.80. The van der Waals surface area contributed by atoms with Crippen LogP contribution >= 0.6 is 23.2 Å². The maximum absolute atomic E-state index is 12.9. The van der Waals surface area contributed by atoms with Crippen LogP contribution in [0, 0.1) is 0 Å². The van der Waals surface area contributed by atoms with Crippen molar-refractivity contribution in [1.29, 1.82) is 0 Å². The van der Waals surface area contributed by atoms with Crippen LogP contribution in [0.1, 0.15) is 0 Å². The predicted octanol–water partition coefficient (Wildman–Crippen LogP) is 4.29. The second kappa shape index (κ2) is 6.16. The van der Waals surface area contributed by atoms with Gasteiger partial charge in [-0.2, -0.15) is 0 Å². The number of sulfonamides is 1. The highest BCUT2D eigenvalue weighted by Gasteiger charge is 2.36. The molecule has 0 atom stereocenters. The Kier molecular flexibility index (Phi) is 4.06. The number of hydrogen-bond donors (Lipinski definition) is 1. The number of para-hydroxylation sites is 1. The quantitative estimate of drug-likeness (QED) is 0.704. The van der Waals surface area contributed by atoms with E-state index in [4.69, 9.17) is 23.2 Å². The highest BCUT2D eigenvalue weighted by Crippen LogP contribution is 2.41. The van der Waals surface area contributed by atoms with Crippen LogP contribution in [-0.4, -0.2) is 20.9 Å². The summed E-state index contributed by atoms with van der Waals surface area (Å²) >= 11 is 12.1. The standard InChI is InChI=1S/C18H12Cl2N2O3S/c19-12-6-3-7-13(20)18(12)21-16(23)10-22-14-8-1-4-11-5-2-9-15(17(11)14)26(22,24)25/h1-9H,10H2,(H,21,23). The van der Waals surface area contributed by atoms with Gasteiger partial charge in [-0.1, -0.05) is 53.5 Å². The van der Waals surface area contributed by atoms with Crippen LogP contribution in [0.5, 0.6) is 0 Å². The number of carbonyl (C=O) groups is 1. The van der Waals surface area contributed by atoms with E-state index in [0.717, 1.165) is 9.69 Å². The van der Waals surface area contributed by atoms with Gasteiger partial charge in [-0.25, -0.2) is 8.42 Å². The molecule has 0 fully saturated rings. The van der Waals surface area contributed by atoms with E-state index in [1.54, 1.807) is 42.5 Å². The minimum absolute atomic E-state index is 0.203. The lowest BCUT2D eigenvalue weighted by Gasteiger charge is -2.18. The normalized spacial score (nSPS) is 14.6. The number of amides is 1. The van der Waals surface area contributed by atoms with Crippen LogP contribution in [-0.2, 0) is 14.8 Å². The average Bonchev–Trinajstić information content (AvgIpc) is 2.82. The summed E-state index contributed by atoms with van der Waals surface area (Å²) in [4.78, 5) is 12.7. The van der Waals surface area contributed by atoms with Crippen LogP contribution in [0.25, 0.3) is 10.8 Å². The van der Waals surface area contributed by atoms with Gasteiger partial charge in [0.15, 0.2) is 0 Å². The van der Waals surface area contributed by atoms with E-state index in [9.17, 15) is 13.2 Å². The Morgan fingerprint density at radius 3 is 2.27 bits per heavy atom. The fourth-order valence-corrected chi connectivity index (χ4v) is 5.21. The zero-order valence-corrected chi connectivity index (χ0v) is 15.6. The Morgan fingerprint density at radius 1 is 0.962 bits per heavy atom. The lowest BCUT2D eigenvalue weighted by Crippen LogP contribution is -2.35. The molecule has 5 nitrogen and oxygen atoms in total. The molecule has 26 heavy (non-hydrogen) atoms. The van der Waals surface area contributed by atoms with E-state index in [1.807, 2.05) is 12.1 Å². The Morgan fingerprint density at radius 2 is 1.58 bits per heavy atom. The van der Waals surface area contributed by atoms with Crippen molar-refractivity contribution in [3.63, 3.8) is 0 Å². The molecule has 0 radical (unpaired) electrons. The largest absolute Gasteiger partial charge is 0.322 e. The SMILES string of the molecule is O=C(CN1c2cccc3cccc(c23)S1(=O)=O)Nc1c(Cl)cccc1Cl. The molecule has 1 heterocycles. The Bertz CT molecular complexity index is 1140. The maximum atomic E-state index is 12.9. The van der Waals surface area contributed by atoms with Gasteiger partial charge < -0.3 is 5.32 Å². The summed E-state index contributed by atoms with van der Waals surface area (Å²) in [6, 6.07) is 15.2. The first kappa shape index (κ1) is 17.1. The smallest absolute Gasteiger partial charge is 0.265 e. The minimum Gasteiger partial charge on any atom is -0.322 e. The number of carbonyl (C=O) groups excluding carboxylic acids is 1. The van der Waals surface area contributed by atoms with Gasteiger partial charge in [-0.3, -0.25) is 9.10 Å². The van der Waals surface area contributed by atoms with Crippen molar-refractivity contribution < 1.29 is 13.2 Å². The molecule has 8 heteroatoms. The summed E-state index contributed by atoms with van der Waals surface area (Å²) in [6.45, 7) is -0.377. The summed E-state index contributed by atoms with van der Waals surface area (Å²) in [5.41, 5.74) is 0.742. The van der Waals surface area contributed by atoms with Gasteiger partial charge >= 0.3 is 0 Å². The van der Waals surface area contributed by atoms with E-state index < -0.39 is 15.9 Å². The first-order valence-corrected chi connectivity index (χ1v) is 9.87. The van der Waals surface area contributed by atoms with E-state index in [1.165, 1.54) is 0 Å². The molecular weight excluding hydrogens is 395 g/mol. The number of hydrogen-bond acceptors (Lipinski definition) is 3. The van der Waals surface area contributed by atoms with Gasteiger partial charge in [-0.15, -0.1) is 0 Å². The van der Waals surface area contributed by atoms with Gasteiger partial charge in [0.2, 0.25) is 5.91 Å². The third-order valence-electron chi connectivity index (χ3n) is 4.20. The van der Waals surface area contributed by atoms with Crippen molar-refractivity contribution in [2.24, 2.45) is 0 Å². The molecule has 0 unspecified atom stereocenters. The zero-order chi connectivity index (χ0) is 18.5. The molecule has 0 spiro atoms. The third kappa shape index (κ3) is 2.61. The number of nitrogens with one attached hydrogen (secondary N) is 1. The second-order valence-electron chi connectivity index (χ2n) is 5.79. The molecule has 132 valence electrons. The predicted molar refractivity (Wildman–Crippen MR) is 104 cm³/mol. The molecule has 1 aliphatic rings. The Labute approximate surface area is 160 Å². The number of rotatable bonds is 3. The molecule has 0 aliphatic carbocycles. The van der Waals surface area contributed by atoms with E-state index in [-0.39, 0.29) is 27.2 Å². The van der Waals surface area contributed by atoms with Gasteiger partial charge in [-0.05, 0) is 29.7 Å². The molecule has 4 rings (SSSR count). The third-order valence-corrected chi connectivity index (χ3v) is 6.63. The monoisotopic (exact) mass is 406 g/mol. The van der Waals surface area contributed by atoms with Crippen LogP contribution in [0.4, 0.5) is 11.4 Å². The van der Waals surface area contributed by atoms with E-state index in [2.05, 4.69) is 5.32 Å². The van der Waals surface area contributed by atoms with Crippen molar-refractivity contribution in [2.45, 2.75) is 4.90 Å². The first-order chi connectivity index (χ1) is 12.4. The number of anilines is 2. The topological polar surface area (TPSA) is 66.5 Å². The molecule has 1 N–H and O–H groups in total. The highest BCUT2D eigenvalue weighted by atomic mass is 35.5. The molecule has 1 aliphatic heterocycles. The second-order valence-corrected chi connectivity index (χ2v) is 8.43. The van der Waals surface area contributed by atoms with Crippen molar-refractivity contribution in [2.75, 3.05) is 16.2 Å². The molecule has 0 aromatic heterocycles. The van der Waals surface area contributed by atoms with Crippen LogP contribution in [0.2, 0.25) is 10.0 Å². The molecule has 1 amide bonds. The lowest BCUT2D eigenvalue weighted by atomic mass is 10.1. The fraction of sp³-hybridized carbons (Fsp3) is 0.0556. The van der Waals surface area contributed by atoms with Gasteiger partial charge in [0.1, 0.15) is 6.54 Å². The van der Waals surface area contributed by atoms with Crippen molar-refractivity contribution in [3.05, 3.63) is 64.6 Å². The van der Waals surface area contributed by atoms with Gasteiger partial charge in [0.05, 0.1) is 26.3 Å². The van der Waals surface area contributed by atoms with Crippen LogP contribution < -0.4 is 9.62 Å². The summed E-state index contributed by atoms with van der Waals surface area (Å²) in [5.74, 6) is -0.534. The van der Waals surface area contributed by atoms with Crippen LogP contribution in [0.15, 0.2) is 59.5 Å². The minimum atomic E-state index is -3.80. The van der Waals surface area contributed by atoms with E-state index >= 15 is 0 Å². The molecule has 0 bridgehead atoms. The van der Waals surface area contributed by atoms with E-state index in [0.29, 0.717) is 11.1 Å². The number of nitrogens with zero attached hydrogens (tertiary/aromatic N) is 1. The Balaban J connectivity index is 1.69. The molecule has 0 saturated carbocycles. The summed E-state index contributed by atoms with van der Waals surface area (Å²) in [5, 5.41) is 4.58. The number of benzene rings is 3. The molecular formula is C18H12Cl2N2O3S. The average molecular weight is 407 g/mol. The number of halogens is 2. The summed E-state index contributed by atoms with van der Waals surface area (Å²) < 4.78 is 26.9. The van der Waals surface area contributed by atoms with Crippen LogP contribution in [0.3, 0.4) is 0 Å². The van der Waals surface area contributed by atoms with Crippen molar-refractivity contribution >= 4 is 61.3 Å². The molecule has 3 aromatic carbocycles. The Hall–Kier alpha value is -2.28. The first-order valence-electron chi connectivity index (χ1n) is 7.68. The van der Waals surface area contributed by atoms with Crippen molar-refractivity contribution in [3.8, 4) is 0 Å². The fourth-order valence-electron chi connectivity index (χ4n) is 3.06.